The van der Waals surface area contributed by atoms with E-state index in [-0.39, 0.29) is 35.6 Å². The molecule has 2 atom stereocenters. The van der Waals surface area contributed by atoms with Gasteiger partial charge < -0.3 is 60.6 Å². The van der Waals surface area contributed by atoms with Gasteiger partial charge in [-0.05, 0) is 54.7 Å². The maximum absolute atomic E-state index is 14.3. The number of rotatable bonds is 10. The van der Waals surface area contributed by atoms with E-state index in [1.807, 2.05) is 0 Å². The maximum Gasteiger partial charge on any atom is 0.618 e. The first-order valence-electron chi connectivity index (χ1n) is 16.6. The summed E-state index contributed by atoms with van der Waals surface area (Å²) in [6.07, 6.45) is 2.50. The SMILES string of the molecule is O=C(NCCNC1CCN(C(=O)c2cc(F)c(O)c(O)c2Cl)CC1)N[C@@H](C1=COB2Oc3c(ccc(F)c3C(=O)O)C[C@@H]2N1)c1ccc(P(=O)(O)O)cc1. The van der Waals surface area contributed by atoms with Crippen molar-refractivity contribution < 1.29 is 62.1 Å². The summed E-state index contributed by atoms with van der Waals surface area (Å²) in [5, 5.41) is 40.3. The number of hydrogen-bond acceptors (Lipinski definition) is 10. The van der Waals surface area contributed by atoms with E-state index in [0.717, 1.165) is 12.1 Å². The highest BCUT2D eigenvalue weighted by Crippen LogP contribution is 2.39. The number of carbonyl (C=O) groups is 3. The fourth-order valence-electron chi connectivity index (χ4n) is 6.46. The molecule has 21 heteroatoms. The van der Waals surface area contributed by atoms with Gasteiger partial charge in [-0.25, -0.2) is 18.4 Å². The highest BCUT2D eigenvalue weighted by atomic mass is 35.5. The number of phenolic OH excluding ortho intramolecular Hbond substituents is 2. The maximum atomic E-state index is 14.3. The molecule has 16 nitrogen and oxygen atoms in total. The van der Waals surface area contributed by atoms with Gasteiger partial charge in [0.25, 0.3) is 5.91 Å². The van der Waals surface area contributed by atoms with Crippen LogP contribution in [0, 0.1) is 11.6 Å². The molecule has 0 bridgehead atoms. The number of benzene rings is 3. The molecule has 0 radical (unpaired) electrons. The Morgan fingerprint density at radius 3 is 2.41 bits per heavy atom. The van der Waals surface area contributed by atoms with Gasteiger partial charge in [0.15, 0.2) is 17.3 Å². The zero-order chi connectivity index (χ0) is 38.9. The Bertz CT molecular complexity index is 2050. The number of fused-ring (bicyclic) bond motifs is 2. The predicted octanol–water partition coefficient (Wildman–Crippen LogP) is 2.26. The lowest BCUT2D eigenvalue weighted by atomic mass is 9.70. The molecule has 0 spiro atoms. The largest absolute Gasteiger partial charge is 0.618 e. The van der Waals surface area contributed by atoms with E-state index in [9.17, 15) is 52.8 Å². The topological polar surface area (TPSA) is 239 Å². The number of carbonyl (C=O) groups excluding carboxylic acids is 2. The van der Waals surface area contributed by atoms with E-state index in [1.165, 1.54) is 41.5 Å². The van der Waals surface area contributed by atoms with Gasteiger partial charge in [-0.2, -0.15) is 0 Å². The molecule has 3 aromatic carbocycles. The van der Waals surface area contributed by atoms with Crippen LogP contribution in [0.25, 0.3) is 0 Å². The summed E-state index contributed by atoms with van der Waals surface area (Å²) in [7, 11) is -5.59. The van der Waals surface area contributed by atoms with Crippen LogP contribution in [0.1, 0.15) is 50.7 Å². The molecular formula is C33H34BClF2N5O11P. The number of halogens is 3. The number of amides is 3. The Labute approximate surface area is 311 Å². The monoisotopic (exact) mass is 791 g/mol. The van der Waals surface area contributed by atoms with Crippen LogP contribution in [-0.4, -0.2) is 93.2 Å². The summed E-state index contributed by atoms with van der Waals surface area (Å²) in [6, 6.07) is 7.04. The third kappa shape index (κ3) is 8.19. The molecule has 3 amide bonds. The number of piperidine rings is 1. The van der Waals surface area contributed by atoms with Crippen LogP contribution in [0.4, 0.5) is 13.6 Å². The van der Waals surface area contributed by atoms with Crippen molar-refractivity contribution in [3.63, 3.8) is 0 Å². The van der Waals surface area contributed by atoms with E-state index < -0.39 is 78.3 Å². The third-order valence-electron chi connectivity index (χ3n) is 9.26. The molecule has 0 aromatic heterocycles. The number of hydrogen-bond donors (Lipinski definition) is 9. The molecule has 9 N–H and O–H groups in total. The van der Waals surface area contributed by atoms with Crippen molar-refractivity contribution in [3.05, 3.63) is 93.3 Å². The fourth-order valence-corrected chi connectivity index (χ4v) is 7.22. The Kier molecular flexibility index (Phi) is 11.3. The quantitative estimate of drug-likeness (QED) is 0.0621. The van der Waals surface area contributed by atoms with Crippen molar-refractivity contribution in [1.29, 1.82) is 0 Å². The van der Waals surface area contributed by atoms with Gasteiger partial charge >= 0.3 is 26.7 Å². The van der Waals surface area contributed by atoms with Crippen LogP contribution in [0.5, 0.6) is 17.2 Å². The van der Waals surface area contributed by atoms with Gasteiger partial charge in [0.2, 0.25) is 0 Å². The molecule has 3 aliphatic rings. The number of phenols is 2. The van der Waals surface area contributed by atoms with Crippen molar-refractivity contribution in [3.8, 4) is 17.2 Å². The third-order valence-corrected chi connectivity index (χ3v) is 10.6. The average Bonchev–Trinajstić information content (AvgIpc) is 3.14. The number of aromatic carboxylic acids is 1. The lowest BCUT2D eigenvalue weighted by Gasteiger charge is -2.37. The number of nitrogens with one attached hydrogen (secondary N) is 4. The number of carboxylic acids is 1. The summed E-state index contributed by atoms with van der Waals surface area (Å²) >= 11 is 5.97. The van der Waals surface area contributed by atoms with E-state index in [1.54, 1.807) is 0 Å². The molecule has 0 aliphatic carbocycles. The molecular weight excluding hydrogens is 758 g/mol. The number of likely N-dealkylation sites (tertiary alicyclic amines) is 1. The predicted molar refractivity (Wildman–Crippen MR) is 189 cm³/mol. The van der Waals surface area contributed by atoms with E-state index >= 15 is 0 Å². The zero-order valence-corrected chi connectivity index (χ0v) is 29.7. The van der Waals surface area contributed by atoms with Crippen molar-refractivity contribution in [2.24, 2.45) is 0 Å². The minimum absolute atomic E-state index is 0.0211. The molecule has 3 aromatic rings. The van der Waals surface area contributed by atoms with Gasteiger partial charge in [-0.15, -0.1) is 0 Å². The minimum Gasteiger partial charge on any atom is -0.529 e. The summed E-state index contributed by atoms with van der Waals surface area (Å²) in [5.74, 6) is -6.91. The Hall–Kier alpha value is -5.07. The Balaban J connectivity index is 1.05. The average molecular weight is 792 g/mol. The van der Waals surface area contributed by atoms with Gasteiger partial charge in [-0.1, -0.05) is 29.8 Å². The summed E-state index contributed by atoms with van der Waals surface area (Å²) in [5.41, 5.74) is 0.311. The van der Waals surface area contributed by atoms with Crippen LogP contribution in [-0.2, 0) is 15.6 Å². The number of aromatic hydroxyl groups is 2. The van der Waals surface area contributed by atoms with Gasteiger partial charge in [-0.3, -0.25) is 9.36 Å². The molecule has 0 saturated carbocycles. The standard InChI is InChI=1S/C33H34BClF2N5O11P/c35-26-20(14-22(37)28(43)29(26)44)31(45)42-11-7-18(8-12-42)38-9-10-39-33(48)41-27(16-1-4-19(5-2-16)54(49,50)51)23-15-52-34-24(40-23)13-17-3-6-21(36)25(32(46)47)30(17)53-34/h1-6,14-15,18,24,27,38,40,43-44H,7-13H2,(H,46,47)(H2,39,41,48)(H2,49,50,51)/t24-,27+/m0/s1. The highest BCUT2D eigenvalue weighted by molar-refractivity contribution is 7.60. The number of urea groups is 1. The van der Waals surface area contributed by atoms with Crippen molar-refractivity contribution in [1.82, 2.24) is 26.2 Å². The van der Waals surface area contributed by atoms with Crippen LogP contribution in [0.3, 0.4) is 0 Å². The first-order chi connectivity index (χ1) is 25.6. The normalized spacial score (nSPS) is 17.5. The van der Waals surface area contributed by atoms with E-state index in [0.29, 0.717) is 49.3 Å². The zero-order valence-electron chi connectivity index (χ0n) is 28.1. The molecule has 3 aliphatic heterocycles. The molecule has 6 rings (SSSR count). The lowest BCUT2D eigenvalue weighted by molar-refractivity contribution is 0.0684. The van der Waals surface area contributed by atoms with Crippen molar-refractivity contribution >= 4 is 49.5 Å². The lowest BCUT2D eigenvalue weighted by Crippen LogP contribution is -2.56. The second kappa shape index (κ2) is 15.7. The number of nitrogens with zero attached hydrogens (tertiary/aromatic N) is 1. The fraction of sp³-hybridized carbons (Fsp3) is 0.303. The van der Waals surface area contributed by atoms with Crippen LogP contribution in [0.15, 0.2) is 54.4 Å². The van der Waals surface area contributed by atoms with Crippen LogP contribution < -0.4 is 31.2 Å². The highest BCUT2D eigenvalue weighted by Gasteiger charge is 2.45. The smallest absolute Gasteiger partial charge is 0.529 e. The molecule has 1 saturated heterocycles. The molecule has 54 heavy (non-hydrogen) atoms. The van der Waals surface area contributed by atoms with E-state index in [4.69, 9.17) is 20.9 Å². The molecule has 3 heterocycles. The van der Waals surface area contributed by atoms with E-state index in [2.05, 4.69) is 21.3 Å². The minimum atomic E-state index is -4.56. The molecule has 1 fully saturated rings. The van der Waals surface area contributed by atoms with Gasteiger partial charge in [0.1, 0.15) is 17.1 Å². The summed E-state index contributed by atoms with van der Waals surface area (Å²) in [6.45, 7) is 1.12. The molecule has 286 valence electrons. The second-order valence-corrected chi connectivity index (χ2v) is 14.8. The molecule has 0 unspecified atom stereocenters. The first-order valence-corrected chi connectivity index (χ1v) is 18.6. The van der Waals surface area contributed by atoms with Crippen molar-refractivity contribution in [2.45, 2.75) is 37.3 Å². The number of carboxylic acid groups (broad SMARTS) is 1. The van der Waals surface area contributed by atoms with Crippen LogP contribution in [0.2, 0.25) is 5.02 Å². The Morgan fingerprint density at radius 1 is 1.04 bits per heavy atom. The summed E-state index contributed by atoms with van der Waals surface area (Å²) < 4.78 is 51.6. The van der Waals surface area contributed by atoms with Crippen molar-refractivity contribution in [2.75, 3.05) is 26.2 Å². The van der Waals surface area contributed by atoms with Gasteiger partial charge in [0, 0.05) is 32.2 Å². The first kappa shape index (κ1) is 38.7. The second-order valence-electron chi connectivity index (χ2n) is 12.8. The summed E-state index contributed by atoms with van der Waals surface area (Å²) in [4.78, 5) is 58.4. The van der Waals surface area contributed by atoms with Crippen LogP contribution >= 0.6 is 19.2 Å². The van der Waals surface area contributed by atoms with Gasteiger partial charge in [0.05, 0.1) is 39.8 Å². The Morgan fingerprint density at radius 2 is 1.74 bits per heavy atom.